The van der Waals surface area contributed by atoms with Gasteiger partial charge in [0.2, 0.25) is 0 Å². The summed E-state index contributed by atoms with van der Waals surface area (Å²) in [6.07, 6.45) is 5.53. The number of amides is 2. The summed E-state index contributed by atoms with van der Waals surface area (Å²) in [5, 5.41) is 6.31. The molecule has 39 heavy (non-hydrogen) atoms. The molecule has 3 atom stereocenters. The van der Waals surface area contributed by atoms with Crippen molar-refractivity contribution in [2.75, 3.05) is 19.1 Å². The van der Waals surface area contributed by atoms with Gasteiger partial charge >= 0.3 is 0 Å². The number of piperidine rings is 1. The minimum absolute atomic E-state index is 0.0541. The van der Waals surface area contributed by atoms with Crippen LogP contribution in [-0.4, -0.2) is 49.1 Å². The zero-order chi connectivity index (χ0) is 27.5. The molecule has 2 unspecified atom stereocenters. The molecular weight excluding hydrogens is 492 g/mol. The first kappa shape index (κ1) is 26.5. The van der Waals surface area contributed by atoms with Crippen LogP contribution in [0.5, 0.6) is 11.5 Å². The minimum atomic E-state index is -0.158. The second-order valence-electron chi connectivity index (χ2n) is 10.4. The Bertz CT molecular complexity index is 1310. The normalized spacial score (nSPS) is 20.7. The third-order valence-corrected chi connectivity index (χ3v) is 8.05. The van der Waals surface area contributed by atoms with Crippen molar-refractivity contribution in [3.8, 4) is 11.5 Å². The molecule has 3 heterocycles. The smallest absolute Gasteiger partial charge is 0.253 e. The van der Waals surface area contributed by atoms with Crippen molar-refractivity contribution >= 4 is 17.6 Å². The van der Waals surface area contributed by atoms with Gasteiger partial charge in [-0.15, -0.1) is 0 Å². The van der Waals surface area contributed by atoms with E-state index in [0.717, 1.165) is 54.1 Å². The summed E-state index contributed by atoms with van der Waals surface area (Å²) in [7, 11) is 3.25. The van der Waals surface area contributed by atoms with Crippen LogP contribution in [0.3, 0.4) is 0 Å². The molecule has 0 spiro atoms. The van der Waals surface area contributed by atoms with Crippen LogP contribution in [-0.2, 0) is 0 Å². The van der Waals surface area contributed by atoms with Crippen molar-refractivity contribution in [1.82, 2.24) is 15.6 Å². The van der Waals surface area contributed by atoms with Crippen LogP contribution in [0.4, 0.5) is 5.82 Å². The van der Waals surface area contributed by atoms with E-state index < -0.39 is 0 Å². The van der Waals surface area contributed by atoms with Crippen LogP contribution in [0.25, 0.3) is 0 Å². The van der Waals surface area contributed by atoms with Gasteiger partial charge in [-0.1, -0.05) is 18.2 Å². The van der Waals surface area contributed by atoms with Gasteiger partial charge < -0.3 is 25.0 Å². The zero-order valence-electron chi connectivity index (χ0n) is 22.9. The number of hydrogen-bond donors (Lipinski definition) is 2. The van der Waals surface area contributed by atoms with Gasteiger partial charge in [0.25, 0.3) is 11.8 Å². The first-order chi connectivity index (χ1) is 18.9. The zero-order valence-corrected chi connectivity index (χ0v) is 22.9. The summed E-state index contributed by atoms with van der Waals surface area (Å²) in [6.45, 7) is 3.87. The fraction of sp³-hybridized carbons (Fsp3) is 0.387. The van der Waals surface area contributed by atoms with Crippen molar-refractivity contribution in [2.24, 2.45) is 0 Å². The van der Waals surface area contributed by atoms with E-state index in [1.54, 1.807) is 20.4 Å². The highest BCUT2D eigenvalue weighted by Gasteiger charge is 2.42. The van der Waals surface area contributed by atoms with Gasteiger partial charge in [-0.3, -0.25) is 9.59 Å². The fourth-order valence-electron chi connectivity index (χ4n) is 5.94. The molecule has 2 bridgehead atoms. The first-order valence-corrected chi connectivity index (χ1v) is 13.5. The van der Waals surface area contributed by atoms with Crippen molar-refractivity contribution in [3.05, 3.63) is 83.0 Å². The number of methoxy groups -OCH3 is 2. The average molecular weight is 529 g/mol. The highest BCUT2D eigenvalue weighted by atomic mass is 16.5. The lowest BCUT2D eigenvalue weighted by molar-refractivity contribution is 0.0922. The molecule has 0 saturated carbocycles. The van der Waals surface area contributed by atoms with E-state index >= 15 is 0 Å². The summed E-state index contributed by atoms with van der Waals surface area (Å²) in [5.74, 6) is 2.17. The standard InChI is InChI=1S/C31H36N4O4/c1-19-27(6-5-7-28(19)39-4)31(37)34-23-16-24-11-12-25(17-23)35(24)29-15-10-22(18-32-29)30(36)33-20(2)21-8-13-26(38-3)14-9-21/h5-10,13-15,18,20,23-25H,11-12,16-17H2,1-4H3,(H,33,36)(H,34,37)/t20-,23?,24?,25?/m0/s1. The SMILES string of the molecule is COc1ccc([C@H](C)NC(=O)c2ccc(N3C4CCC3CC(NC(=O)c3cccc(OC)c3C)C4)nc2)cc1. The van der Waals surface area contributed by atoms with Crippen LogP contribution in [0.2, 0.25) is 0 Å². The molecule has 204 valence electrons. The molecular formula is C31H36N4O4. The second kappa shape index (κ2) is 11.4. The summed E-state index contributed by atoms with van der Waals surface area (Å²) in [6, 6.07) is 17.6. The maximum absolute atomic E-state index is 13.0. The lowest BCUT2D eigenvalue weighted by atomic mass is 9.96. The number of carbonyl (C=O) groups excluding carboxylic acids is 2. The Morgan fingerprint density at radius 2 is 1.67 bits per heavy atom. The number of benzene rings is 2. The Morgan fingerprint density at radius 3 is 2.28 bits per heavy atom. The molecule has 2 saturated heterocycles. The lowest BCUT2D eigenvalue weighted by Gasteiger charge is -2.40. The number of aromatic nitrogens is 1. The van der Waals surface area contributed by atoms with Gasteiger partial charge in [0.1, 0.15) is 17.3 Å². The average Bonchev–Trinajstić information content (AvgIpc) is 3.22. The van der Waals surface area contributed by atoms with E-state index in [1.165, 1.54) is 0 Å². The van der Waals surface area contributed by atoms with Gasteiger partial charge in [-0.25, -0.2) is 4.98 Å². The van der Waals surface area contributed by atoms with Gasteiger partial charge in [-0.2, -0.15) is 0 Å². The van der Waals surface area contributed by atoms with Crippen LogP contribution in [0, 0.1) is 6.92 Å². The number of carbonyl (C=O) groups is 2. The Hall–Kier alpha value is -4.07. The summed E-state index contributed by atoms with van der Waals surface area (Å²) in [5.41, 5.74) is 3.04. The quantitative estimate of drug-likeness (QED) is 0.435. The molecule has 5 rings (SSSR count). The van der Waals surface area contributed by atoms with Crippen LogP contribution in [0.1, 0.15) is 70.5 Å². The number of fused-ring (bicyclic) bond motifs is 2. The van der Waals surface area contributed by atoms with Crippen molar-refractivity contribution in [2.45, 2.75) is 63.7 Å². The topological polar surface area (TPSA) is 92.8 Å². The molecule has 2 aliphatic rings. The molecule has 0 aliphatic carbocycles. The predicted molar refractivity (Wildman–Crippen MR) is 151 cm³/mol. The van der Waals surface area contributed by atoms with E-state index in [2.05, 4.69) is 20.5 Å². The van der Waals surface area contributed by atoms with Gasteiger partial charge in [0.15, 0.2) is 0 Å². The van der Waals surface area contributed by atoms with Crippen molar-refractivity contribution in [1.29, 1.82) is 0 Å². The molecule has 3 aromatic rings. The summed E-state index contributed by atoms with van der Waals surface area (Å²) in [4.78, 5) is 33.0. The molecule has 8 nitrogen and oxygen atoms in total. The number of ether oxygens (including phenoxy) is 2. The monoisotopic (exact) mass is 528 g/mol. The third-order valence-electron chi connectivity index (χ3n) is 8.05. The maximum atomic E-state index is 13.0. The van der Waals surface area contributed by atoms with Gasteiger partial charge in [-0.05, 0) is 81.5 Å². The van der Waals surface area contributed by atoms with Crippen LogP contribution in [0.15, 0.2) is 60.8 Å². The second-order valence-corrected chi connectivity index (χ2v) is 10.4. The van der Waals surface area contributed by atoms with E-state index in [1.807, 2.05) is 68.4 Å². The minimum Gasteiger partial charge on any atom is -0.497 e. The molecule has 0 radical (unpaired) electrons. The number of pyridine rings is 1. The van der Waals surface area contributed by atoms with Crippen LogP contribution >= 0.6 is 0 Å². The van der Waals surface area contributed by atoms with Crippen molar-refractivity contribution < 1.29 is 19.1 Å². The van der Waals surface area contributed by atoms with Crippen LogP contribution < -0.4 is 25.0 Å². The molecule has 2 aromatic carbocycles. The predicted octanol–water partition coefficient (Wildman–Crippen LogP) is 4.83. The Kier molecular flexibility index (Phi) is 7.72. The molecule has 2 amide bonds. The highest BCUT2D eigenvalue weighted by Crippen LogP contribution is 2.38. The Balaban J connectivity index is 1.20. The summed E-state index contributed by atoms with van der Waals surface area (Å²) >= 11 is 0. The van der Waals surface area contributed by atoms with Crippen molar-refractivity contribution in [3.63, 3.8) is 0 Å². The molecule has 1 aromatic heterocycles. The van der Waals surface area contributed by atoms with Gasteiger partial charge in [0, 0.05) is 35.4 Å². The van der Waals surface area contributed by atoms with E-state index in [-0.39, 0.29) is 23.9 Å². The van der Waals surface area contributed by atoms with E-state index in [4.69, 9.17) is 9.47 Å². The molecule has 2 aliphatic heterocycles. The Morgan fingerprint density at radius 1 is 0.949 bits per heavy atom. The Labute approximate surface area is 229 Å². The number of rotatable bonds is 8. The van der Waals surface area contributed by atoms with E-state index in [9.17, 15) is 9.59 Å². The third kappa shape index (κ3) is 5.55. The largest absolute Gasteiger partial charge is 0.497 e. The fourth-order valence-corrected chi connectivity index (χ4v) is 5.94. The lowest BCUT2D eigenvalue weighted by Crippen LogP contribution is -2.50. The van der Waals surface area contributed by atoms with E-state index in [0.29, 0.717) is 23.2 Å². The number of anilines is 1. The highest BCUT2D eigenvalue weighted by molar-refractivity contribution is 5.96. The molecule has 2 N–H and O–H groups in total. The number of nitrogens with zero attached hydrogens (tertiary/aromatic N) is 2. The first-order valence-electron chi connectivity index (χ1n) is 13.5. The molecule has 2 fully saturated rings. The molecule has 8 heteroatoms. The summed E-state index contributed by atoms with van der Waals surface area (Å²) < 4.78 is 10.6. The number of nitrogens with one attached hydrogen (secondary N) is 2. The maximum Gasteiger partial charge on any atom is 0.253 e. The number of hydrogen-bond acceptors (Lipinski definition) is 6. The van der Waals surface area contributed by atoms with Gasteiger partial charge in [0.05, 0.1) is 25.8 Å².